The molecule has 0 atom stereocenters. The summed E-state index contributed by atoms with van der Waals surface area (Å²) in [4.78, 5) is 20.9. The zero-order valence-corrected chi connectivity index (χ0v) is 12.6. The van der Waals surface area contributed by atoms with Crippen LogP contribution in [0.4, 0.5) is 5.13 Å². The first-order chi connectivity index (χ1) is 9.69. The minimum atomic E-state index is 0.00490. The predicted molar refractivity (Wildman–Crippen MR) is 83.8 cm³/mol. The summed E-state index contributed by atoms with van der Waals surface area (Å²) in [5, 5.41) is 4.05. The van der Waals surface area contributed by atoms with Crippen LogP contribution >= 0.6 is 23.1 Å². The van der Waals surface area contributed by atoms with Gasteiger partial charge in [-0.3, -0.25) is 4.79 Å². The van der Waals surface area contributed by atoms with Crippen LogP contribution in [0.15, 0.2) is 35.5 Å². The van der Waals surface area contributed by atoms with Gasteiger partial charge in [0, 0.05) is 17.5 Å². The molecule has 2 heterocycles. The fourth-order valence-corrected chi connectivity index (χ4v) is 3.48. The van der Waals surface area contributed by atoms with E-state index in [2.05, 4.69) is 46.5 Å². The van der Waals surface area contributed by atoms with Crippen molar-refractivity contribution in [3.63, 3.8) is 0 Å². The fraction of sp³-hybridized carbons (Fsp3) is 0.214. The van der Waals surface area contributed by atoms with Crippen LogP contribution in [0.2, 0.25) is 0 Å². The van der Waals surface area contributed by atoms with Crippen LogP contribution in [0, 0.1) is 6.92 Å². The Bertz CT molecular complexity index is 679. The van der Waals surface area contributed by atoms with Gasteiger partial charge in [-0.05, 0) is 12.5 Å². The number of amidine groups is 1. The number of nitrogens with one attached hydrogen (secondary N) is 1. The highest BCUT2D eigenvalue weighted by molar-refractivity contribution is 8.15. The molecular weight excluding hydrogens is 290 g/mol. The molecule has 0 saturated carbocycles. The maximum Gasteiger partial charge on any atom is 0.236 e. The number of aliphatic imine (C=N–C) groups is 1. The summed E-state index contributed by atoms with van der Waals surface area (Å²) in [5.41, 5.74) is 2.54. The summed E-state index contributed by atoms with van der Waals surface area (Å²) in [6.45, 7) is 2.09. The molecule has 1 aliphatic rings. The number of thiazole rings is 1. The van der Waals surface area contributed by atoms with E-state index in [4.69, 9.17) is 0 Å². The number of carbonyl (C=O) groups excluding carboxylic acids is 1. The van der Waals surface area contributed by atoms with Gasteiger partial charge in [-0.15, -0.1) is 0 Å². The van der Waals surface area contributed by atoms with Gasteiger partial charge in [0.15, 0.2) is 5.17 Å². The number of hydrogen-bond donors (Lipinski definition) is 1. The quantitative estimate of drug-likeness (QED) is 0.948. The first-order valence-electron chi connectivity index (χ1n) is 6.20. The molecule has 0 unspecified atom stereocenters. The van der Waals surface area contributed by atoms with Crippen LogP contribution in [-0.4, -0.2) is 21.8 Å². The van der Waals surface area contributed by atoms with Crippen molar-refractivity contribution < 1.29 is 4.79 Å². The molecule has 1 aromatic carbocycles. The SMILES string of the molecule is Cc1cccc(Cc2cnc(/N=C3\NC(=O)CS3)s2)c1. The Balaban J connectivity index is 1.72. The Morgan fingerprint density at radius 1 is 1.45 bits per heavy atom. The Labute approximate surface area is 125 Å². The normalized spacial score (nSPS) is 16.6. The average molecular weight is 303 g/mol. The first-order valence-corrected chi connectivity index (χ1v) is 8.01. The number of rotatable bonds is 3. The summed E-state index contributed by atoms with van der Waals surface area (Å²) < 4.78 is 0. The number of aromatic nitrogens is 1. The smallest absolute Gasteiger partial charge is 0.236 e. The maximum absolute atomic E-state index is 11.1. The van der Waals surface area contributed by atoms with Crippen molar-refractivity contribution in [3.8, 4) is 0 Å². The lowest BCUT2D eigenvalue weighted by molar-refractivity contribution is -0.116. The third-order valence-electron chi connectivity index (χ3n) is 2.79. The van der Waals surface area contributed by atoms with Crippen LogP contribution in [0.5, 0.6) is 0 Å². The van der Waals surface area contributed by atoms with Crippen LogP contribution in [0.25, 0.3) is 0 Å². The molecule has 1 fully saturated rings. The number of nitrogens with zero attached hydrogens (tertiary/aromatic N) is 2. The van der Waals surface area contributed by atoms with Gasteiger partial charge in [-0.25, -0.2) is 4.98 Å². The Kier molecular flexibility index (Phi) is 3.84. The standard InChI is InChI=1S/C14H13N3OS2/c1-9-3-2-4-10(5-9)6-11-7-15-13(20-11)17-14-16-12(18)8-19-14/h2-5,7H,6,8H2,1H3,(H,15,16,17,18). The molecule has 20 heavy (non-hydrogen) atoms. The first kappa shape index (κ1) is 13.3. The highest BCUT2D eigenvalue weighted by Crippen LogP contribution is 2.25. The van der Waals surface area contributed by atoms with Gasteiger partial charge in [-0.2, -0.15) is 4.99 Å². The summed E-state index contributed by atoms with van der Waals surface area (Å²) in [6.07, 6.45) is 2.72. The van der Waals surface area contributed by atoms with E-state index in [9.17, 15) is 4.79 Å². The Hall–Kier alpha value is -1.66. The van der Waals surface area contributed by atoms with Crippen molar-refractivity contribution in [1.82, 2.24) is 10.3 Å². The molecule has 1 saturated heterocycles. The van der Waals surface area contributed by atoms with E-state index in [0.29, 0.717) is 16.1 Å². The van der Waals surface area contributed by atoms with Crippen molar-refractivity contribution in [2.45, 2.75) is 13.3 Å². The molecule has 6 heteroatoms. The molecule has 0 aliphatic carbocycles. The predicted octanol–water partition coefficient (Wildman–Crippen LogP) is 2.89. The monoisotopic (exact) mass is 303 g/mol. The van der Waals surface area contributed by atoms with E-state index >= 15 is 0 Å². The average Bonchev–Trinajstić information content (AvgIpc) is 3.00. The highest BCUT2D eigenvalue weighted by atomic mass is 32.2. The largest absolute Gasteiger partial charge is 0.304 e. The molecule has 1 aliphatic heterocycles. The van der Waals surface area contributed by atoms with Gasteiger partial charge in [-0.1, -0.05) is 52.9 Å². The molecule has 4 nitrogen and oxygen atoms in total. The van der Waals surface area contributed by atoms with E-state index in [1.54, 1.807) is 11.3 Å². The van der Waals surface area contributed by atoms with Crippen molar-refractivity contribution in [3.05, 3.63) is 46.5 Å². The second-order valence-electron chi connectivity index (χ2n) is 4.53. The number of amides is 1. The van der Waals surface area contributed by atoms with Gasteiger partial charge in [0.2, 0.25) is 11.0 Å². The molecule has 0 radical (unpaired) electrons. The van der Waals surface area contributed by atoms with Gasteiger partial charge < -0.3 is 5.32 Å². The topological polar surface area (TPSA) is 54.4 Å². The van der Waals surface area contributed by atoms with Crippen LogP contribution in [0.3, 0.4) is 0 Å². The van der Waals surface area contributed by atoms with Gasteiger partial charge in [0.05, 0.1) is 5.75 Å². The summed E-state index contributed by atoms with van der Waals surface area (Å²) in [5.74, 6) is 0.450. The minimum absolute atomic E-state index is 0.00490. The zero-order valence-electron chi connectivity index (χ0n) is 10.9. The van der Waals surface area contributed by atoms with E-state index in [0.717, 1.165) is 6.42 Å². The second kappa shape index (κ2) is 5.76. The molecule has 1 N–H and O–H groups in total. The fourth-order valence-electron chi connectivity index (χ4n) is 1.93. The summed E-state index contributed by atoms with van der Waals surface area (Å²) in [7, 11) is 0. The lowest BCUT2D eigenvalue weighted by Gasteiger charge is -1.99. The molecule has 1 amide bonds. The van der Waals surface area contributed by atoms with Crippen molar-refractivity contribution in [1.29, 1.82) is 0 Å². The van der Waals surface area contributed by atoms with Crippen molar-refractivity contribution in [2.24, 2.45) is 4.99 Å². The molecule has 0 bridgehead atoms. The molecule has 0 spiro atoms. The van der Waals surface area contributed by atoms with Gasteiger partial charge in [0.1, 0.15) is 0 Å². The molecule has 1 aromatic heterocycles. The number of benzene rings is 1. The van der Waals surface area contributed by atoms with Crippen LogP contribution in [0.1, 0.15) is 16.0 Å². The lowest BCUT2D eigenvalue weighted by atomic mass is 10.1. The number of thioether (sulfide) groups is 1. The second-order valence-corrected chi connectivity index (χ2v) is 6.59. The van der Waals surface area contributed by atoms with Crippen LogP contribution < -0.4 is 5.32 Å². The van der Waals surface area contributed by atoms with Crippen LogP contribution in [-0.2, 0) is 11.2 Å². The minimum Gasteiger partial charge on any atom is -0.304 e. The summed E-state index contributed by atoms with van der Waals surface area (Å²) in [6, 6.07) is 8.45. The summed E-state index contributed by atoms with van der Waals surface area (Å²) >= 11 is 2.97. The van der Waals surface area contributed by atoms with E-state index in [1.165, 1.54) is 27.8 Å². The number of carbonyl (C=O) groups is 1. The third-order valence-corrected chi connectivity index (χ3v) is 4.55. The van der Waals surface area contributed by atoms with Gasteiger partial charge in [0.25, 0.3) is 0 Å². The van der Waals surface area contributed by atoms with Gasteiger partial charge >= 0.3 is 0 Å². The van der Waals surface area contributed by atoms with Crippen molar-refractivity contribution in [2.75, 3.05) is 5.75 Å². The lowest BCUT2D eigenvalue weighted by Crippen LogP contribution is -2.19. The Morgan fingerprint density at radius 2 is 2.35 bits per heavy atom. The van der Waals surface area contributed by atoms with E-state index in [1.807, 2.05) is 6.20 Å². The number of hydrogen-bond acceptors (Lipinski definition) is 5. The molecular formula is C14H13N3OS2. The van der Waals surface area contributed by atoms with E-state index in [-0.39, 0.29) is 5.91 Å². The number of aryl methyl sites for hydroxylation is 1. The third kappa shape index (κ3) is 3.26. The van der Waals surface area contributed by atoms with E-state index < -0.39 is 0 Å². The highest BCUT2D eigenvalue weighted by Gasteiger charge is 2.17. The molecule has 3 rings (SSSR count). The zero-order chi connectivity index (χ0) is 13.9. The maximum atomic E-state index is 11.1. The Morgan fingerprint density at radius 3 is 3.10 bits per heavy atom. The van der Waals surface area contributed by atoms with Crippen molar-refractivity contribution >= 4 is 39.3 Å². The molecule has 102 valence electrons. The molecule has 2 aromatic rings.